The van der Waals surface area contributed by atoms with Gasteiger partial charge in [-0.05, 0) is 60.4 Å². The van der Waals surface area contributed by atoms with Gasteiger partial charge in [-0.25, -0.2) is 8.42 Å². The van der Waals surface area contributed by atoms with Crippen LogP contribution < -0.4 is 5.73 Å². The summed E-state index contributed by atoms with van der Waals surface area (Å²) in [6, 6.07) is 9.08. The first-order chi connectivity index (χ1) is 11.4. The Morgan fingerprint density at radius 3 is 2.83 bits per heavy atom. The molecule has 1 atom stereocenters. The molecule has 1 aromatic carbocycles. The molecule has 24 heavy (non-hydrogen) atoms. The minimum Gasteiger partial charge on any atom is -0.366 e. The van der Waals surface area contributed by atoms with Gasteiger partial charge >= 0.3 is 0 Å². The number of benzene rings is 1. The van der Waals surface area contributed by atoms with Gasteiger partial charge < -0.3 is 5.73 Å². The molecule has 128 valence electrons. The molecule has 1 amide bonds. The summed E-state index contributed by atoms with van der Waals surface area (Å²) < 4.78 is 27.5. The Kier molecular flexibility index (Phi) is 4.76. The molecule has 2 N–H and O–H groups in total. The van der Waals surface area contributed by atoms with E-state index in [1.165, 1.54) is 11.3 Å². The third kappa shape index (κ3) is 3.38. The highest BCUT2D eigenvalue weighted by molar-refractivity contribution is 7.91. The molecular weight excluding hydrogens is 344 g/mol. The minimum absolute atomic E-state index is 0.253. The van der Waals surface area contributed by atoms with Crippen LogP contribution >= 0.6 is 11.3 Å². The van der Waals surface area contributed by atoms with Crippen molar-refractivity contribution in [2.75, 3.05) is 13.1 Å². The molecule has 0 spiro atoms. The molecule has 1 saturated heterocycles. The second kappa shape index (κ2) is 6.66. The molecule has 0 aliphatic carbocycles. The molecule has 1 aromatic heterocycles. The van der Waals surface area contributed by atoms with E-state index in [0.717, 1.165) is 24.0 Å². The molecule has 1 fully saturated rings. The zero-order valence-corrected chi connectivity index (χ0v) is 15.1. The quantitative estimate of drug-likeness (QED) is 0.885. The van der Waals surface area contributed by atoms with Crippen molar-refractivity contribution >= 4 is 27.3 Å². The average Bonchev–Trinajstić information content (AvgIpc) is 3.17. The van der Waals surface area contributed by atoms with Crippen LogP contribution in [-0.4, -0.2) is 31.7 Å². The molecule has 3 rings (SSSR count). The lowest BCUT2D eigenvalue weighted by Gasteiger charge is -2.16. The molecule has 1 aliphatic rings. The first-order valence-electron chi connectivity index (χ1n) is 7.81. The maximum Gasteiger partial charge on any atom is 0.252 e. The van der Waals surface area contributed by atoms with Crippen molar-refractivity contribution in [3.8, 4) is 0 Å². The summed E-state index contributed by atoms with van der Waals surface area (Å²) in [6.07, 6.45) is 1.57. The van der Waals surface area contributed by atoms with Gasteiger partial charge in [-0.2, -0.15) is 4.31 Å². The van der Waals surface area contributed by atoms with Crippen LogP contribution in [0.4, 0.5) is 0 Å². The van der Waals surface area contributed by atoms with Gasteiger partial charge in [0.25, 0.3) is 10.0 Å². The highest BCUT2D eigenvalue weighted by atomic mass is 32.2. The zero-order chi connectivity index (χ0) is 17.3. The summed E-state index contributed by atoms with van der Waals surface area (Å²) >= 11 is 1.27. The number of thiophene rings is 1. The van der Waals surface area contributed by atoms with E-state index in [-0.39, 0.29) is 5.92 Å². The summed E-state index contributed by atoms with van der Waals surface area (Å²) in [5.74, 6) is -0.191. The maximum atomic E-state index is 12.7. The Labute approximate surface area is 146 Å². The van der Waals surface area contributed by atoms with Crippen LogP contribution in [0.1, 0.15) is 27.9 Å². The van der Waals surface area contributed by atoms with E-state index in [1.54, 1.807) is 16.4 Å². The molecule has 5 nitrogen and oxygen atoms in total. The van der Waals surface area contributed by atoms with E-state index in [2.05, 4.69) is 0 Å². The topological polar surface area (TPSA) is 80.5 Å². The van der Waals surface area contributed by atoms with Gasteiger partial charge in [-0.15, -0.1) is 11.3 Å². The van der Waals surface area contributed by atoms with Crippen LogP contribution in [0.15, 0.2) is 39.9 Å². The van der Waals surface area contributed by atoms with Crippen molar-refractivity contribution in [1.82, 2.24) is 4.31 Å². The molecule has 7 heteroatoms. The van der Waals surface area contributed by atoms with Crippen LogP contribution in [0.25, 0.3) is 0 Å². The van der Waals surface area contributed by atoms with Gasteiger partial charge in [-0.1, -0.05) is 12.1 Å². The van der Waals surface area contributed by atoms with Crippen molar-refractivity contribution in [1.29, 1.82) is 0 Å². The Balaban J connectivity index is 1.71. The number of hydrogen-bond acceptors (Lipinski definition) is 4. The van der Waals surface area contributed by atoms with Crippen molar-refractivity contribution in [3.63, 3.8) is 0 Å². The lowest BCUT2D eigenvalue weighted by molar-refractivity contribution is 0.1000. The molecule has 1 aliphatic heterocycles. The highest BCUT2D eigenvalue weighted by Crippen LogP contribution is 2.30. The fourth-order valence-corrected chi connectivity index (χ4v) is 6.19. The molecule has 2 heterocycles. The molecule has 0 radical (unpaired) electrons. The SMILES string of the molecule is Cc1ccsc1S(=O)(=O)N1CC[C@@H](Cc2cccc(C(N)=O)c2)C1. The summed E-state index contributed by atoms with van der Waals surface area (Å²) in [5.41, 5.74) is 7.62. The predicted octanol–water partition coefficient (Wildman–Crippen LogP) is 2.41. The van der Waals surface area contributed by atoms with Gasteiger partial charge in [-0.3, -0.25) is 4.79 Å². The lowest BCUT2D eigenvalue weighted by atomic mass is 9.97. The number of nitrogens with zero attached hydrogens (tertiary/aromatic N) is 1. The first-order valence-corrected chi connectivity index (χ1v) is 10.1. The Hall–Kier alpha value is -1.70. The molecule has 2 aromatic rings. The average molecular weight is 364 g/mol. The standard InChI is InChI=1S/C17H20N2O3S2/c1-12-6-8-23-17(12)24(21,22)19-7-5-14(11-19)9-13-3-2-4-15(10-13)16(18)20/h2-4,6,8,10,14H,5,7,9,11H2,1H3,(H2,18,20)/t14-/m0/s1. The molecular formula is C17H20N2O3S2. The van der Waals surface area contributed by atoms with E-state index in [9.17, 15) is 13.2 Å². The van der Waals surface area contributed by atoms with Crippen LogP contribution in [0, 0.1) is 12.8 Å². The predicted molar refractivity (Wildman–Crippen MR) is 94.6 cm³/mol. The van der Waals surface area contributed by atoms with Crippen LogP contribution in [0.5, 0.6) is 0 Å². The van der Waals surface area contributed by atoms with E-state index >= 15 is 0 Å². The molecule has 0 saturated carbocycles. The third-order valence-corrected chi connectivity index (χ3v) is 7.90. The van der Waals surface area contributed by atoms with Crippen molar-refractivity contribution < 1.29 is 13.2 Å². The second-order valence-electron chi connectivity index (χ2n) is 6.18. The summed E-state index contributed by atoms with van der Waals surface area (Å²) in [6.45, 7) is 2.88. The van der Waals surface area contributed by atoms with Crippen molar-refractivity contribution in [2.45, 2.75) is 24.0 Å². The van der Waals surface area contributed by atoms with Gasteiger partial charge in [0.05, 0.1) is 0 Å². The Morgan fingerprint density at radius 2 is 2.17 bits per heavy atom. The Bertz CT molecular complexity index is 858. The second-order valence-corrected chi connectivity index (χ2v) is 9.23. The fraction of sp³-hybridized carbons (Fsp3) is 0.353. The first kappa shape index (κ1) is 17.1. The van der Waals surface area contributed by atoms with Crippen LogP contribution in [0.3, 0.4) is 0 Å². The summed E-state index contributed by atoms with van der Waals surface area (Å²) in [4.78, 5) is 11.3. The fourth-order valence-electron chi connectivity index (χ4n) is 3.11. The smallest absolute Gasteiger partial charge is 0.252 e. The Morgan fingerprint density at radius 1 is 1.38 bits per heavy atom. The number of primary amides is 1. The number of amides is 1. The van der Waals surface area contributed by atoms with Gasteiger partial charge in [0.15, 0.2) is 0 Å². The van der Waals surface area contributed by atoms with E-state index in [4.69, 9.17) is 5.73 Å². The monoisotopic (exact) mass is 364 g/mol. The summed E-state index contributed by atoms with van der Waals surface area (Å²) in [7, 11) is -3.40. The maximum absolute atomic E-state index is 12.7. The zero-order valence-electron chi connectivity index (χ0n) is 13.4. The van der Waals surface area contributed by atoms with E-state index in [1.807, 2.05) is 30.5 Å². The van der Waals surface area contributed by atoms with Crippen molar-refractivity contribution in [3.05, 3.63) is 52.4 Å². The van der Waals surface area contributed by atoms with E-state index < -0.39 is 15.9 Å². The number of rotatable bonds is 5. The number of aryl methyl sites for hydroxylation is 1. The number of carbonyl (C=O) groups is 1. The third-order valence-electron chi connectivity index (χ3n) is 4.37. The molecule has 0 unspecified atom stereocenters. The number of carbonyl (C=O) groups excluding carboxylic acids is 1. The number of nitrogens with two attached hydrogens (primary N) is 1. The molecule has 0 bridgehead atoms. The van der Waals surface area contributed by atoms with Gasteiger partial charge in [0, 0.05) is 18.7 Å². The van der Waals surface area contributed by atoms with Crippen LogP contribution in [0.2, 0.25) is 0 Å². The lowest BCUT2D eigenvalue weighted by Crippen LogP contribution is -2.29. The summed E-state index contributed by atoms with van der Waals surface area (Å²) in [5, 5.41) is 1.81. The number of hydrogen-bond donors (Lipinski definition) is 1. The van der Waals surface area contributed by atoms with Gasteiger partial charge in [0.1, 0.15) is 4.21 Å². The highest BCUT2D eigenvalue weighted by Gasteiger charge is 2.34. The van der Waals surface area contributed by atoms with Gasteiger partial charge in [0.2, 0.25) is 5.91 Å². The van der Waals surface area contributed by atoms with E-state index in [0.29, 0.717) is 22.9 Å². The van der Waals surface area contributed by atoms with Crippen LogP contribution in [-0.2, 0) is 16.4 Å². The largest absolute Gasteiger partial charge is 0.366 e. The minimum atomic E-state index is -3.40. The van der Waals surface area contributed by atoms with Crippen molar-refractivity contribution in [2.24, 2.45) is 11.7 Å². The normalized spacial score (nSPS) is 18.8. The number of sulfonamides is 1.